The van der Waals surface area contributed by atoms with Gasteiger partial charge in [0.05, 0.1) is 11.6 Å². The molecule has 0 radical (unpaired) electrons. The number of hydrogen-bond donors (Lipinski definition) is 1. The molecule has 1 aliphatic rings. The van der Waals surface area contributed by atoms with Crippen LogP contribution in [0.3, 0.4) is 0 Å². The second kappa shape index (κ2) is 5.41. The molecule has 2 nitrogen and oxygen atoms in total. The molecular formula is C19H22N2. The first-order valence-electron chi connectivity index (χ1n) is 7.77. The van der Waals surface area contributed by atoms with Crippen LogP contribution in [0.2, 0.25) is 0 Å². The maximum Gasteiger partial charge on any atom is 0.0998 e. The first-order valence-corrected chi connectivity index (χ1v) is 7.77. The standard InChI is InChI=1S/C19H22N2/c1-19(2)11-9-15(10-12-19)21-18-8-7-14(13-20)16-5-3-4-6-17(16)18/h3-8,15,21H,9-12H2,1-2H3. The van der Waals surface area contributed by atoms with Gasteiger partial charge in [0.1, 0.15) is 0 Å². The van der Waals surface area contributed by atoms with Crippen LogP contribution < -0.4 is 5.32 Å². The van der Waals surface area contributed by atoms with Crippen molar-refractivity contribution in [3.8, 4) is 6.07 Å². The molecule has 2 aromatic carbocycles. The van der Waals surface area contributed by atoms with Gasteiger partial charge in [-0.25, -0.2) is 0 Å². The van der Waals surface area contributed by atoms with Crippen molar-refractivity contribution < 1.29 is 0 Å². The Hall–Kier alpha value is -2.01. The van der Waals surface area contributed by atoms with E-state index in [0.29, 0.717) is 11.5 Å². The monoisotopic (exact) mass is 278 g/mol. The molecule has 2 aromatic rings. The summed E-state index contributed by atoms with van der Waals surface area (Å²) in [5, 5.41) is 15.1. The van der Waals surface area contributed by atoms with Crippen molar-refractivity contribution in [2.75, 3.05) is 5.32 Å². The zero-order chi connectivity index (χ0) is 14.9. The summed E-state index contributed by atoms with van der Waals surface area (Å²) in [6.07, 6.45) is 5.00. The topological polar surface area (TPSA) is 35.8 Å². The molecule has 0 bridgehead atoms. The zero-order valence-electron chi connectivity index (χ0n) is 12.8. The Morgan fingerprint density at radius 3 is 2.38 bits per heavy atom. The van der Waals surface area contributed by atoms with Gasteiger partial charge in [0.2, 0.25) is 0 Å². The second-order valence-electron chi connectivity index (χ2n) is 6.90. The maximum absolute atomic E-state index is 9.24. The predicted octanol–water partition coefficient (Wildman–Crippen LogP) is 5.09. The quantitative estimate of drug-likeness (QED) is 0.830. The van der Waals surface area contributed by atoms with Gasteiger partial charge in [-0.1, -0.05) is 38.1 Å². The summed E-state index contributed by atoms with van der Waals surface area (Å²) >= 11 is 0. The molecule has 1 N–H and O–H groups in total. The van der Waals surface area contributed by atoms with Crippen LogP contribution in [0.5, 0.6) is 0 Å². The van der Waals surface area contributed by atoms with E-state index in [1.165, 1.54) is 25.7 Å². The lowest BCUT2D eigenvalue weighted by atomic mass is 9.75. The average molecular weight is 278 g/mol. The Balaban J connectivity index is 1.87. The summed E-state index contributed by atoms with van der Waals surface area (Å²) < 4.78 is 0. The van der Waals surface area contributed by atoms with Crippen molar-refractivity contribution in [3.63, 3.8) is 0 Å². The minimum Gasteiger partial charge on any atom is -0.382 e. The SMILES string of the molecule is CC1(C)CCC(Nc2ccc(C#N)c3ccccc23)CC1. The van der Waals surface area contributed by atoms with Gasteiger partial charge in [-0.2, -0.15) is 5.26 Å². The molecule has 1 fully saturated rings. The van der Waals surface area contributed by atoms with Crippen LogP contribution in [-0.2, 0) is 0 Å². The van der Waals surface area contributed by atoms with Gasteiger partial charge in [0.15, 0.2) is 0 Å². The fraction of sp³-hybridized carbons (Fsp3) is 0.421. The highest BCUT2D eigenvalue weighted by atomic mass is 14.9. The van der Waals surface area contributed by atoms with E-state index >= 15 is 0 Å². The van der Waals surface area contributed by atoms with Crippen molar-refractivity contribution in [2.45, 2.75) is 45.6 Å². The van der Waals surface area contributed by atoms with Gasteiger partial charge < -0.3 is 5.32 Å². The van der Waals surface area contributed by atoms with Crippen molar-refractivity contribution in [1.82, 2.24) is 0 Å². The molecule has 0 aliphatic heterocycles. The number of rotatable bonds is 2. The number of benzene rings is 2. The van der Waals surface area contributed by atoms with Gasteiger partial charge in [-0.3, -0.25) is 0 Å². The molecule has 108 valence electrons. The van der Waals surface area contributed by atoms with E-state index in [1.807, 2.05) is 24.3 Å². The van der Waals surface area contributed by atoms with Crippen LogP contribution in [0.15, 0.2) is 36.4 Å². The summed E-state index contributed by atoms with van der Waals surface area (Å²) in [6, 6.07) is 15.0. The van der Waals surface area contributed by atoms with Gasteiger partial charge in [-0.05, 0) is 43.2 Å². The summed E-state index contributed by atoms with van der Waals surface area (Å²) in [4.78, 5) is 0. The number of fused-ring (bicyclic) bond motifs is 1. The summed E-state index contributed by atoms with van der Waals surface area (Å²) in [5.74, 6) is 0. The fourth-order valence-corrected chi connectivity index (χ4v) is 3.29. The van der Waals surface area contributed by atoms with Gasteiger partial charge in [-0.15, -0.1) is 0 Å². The predicted molar refractivity (Wildman–Crippen MR) is 88.3 cm³/mol. The Kier molecular flexibility index (Phi) is 3.59. The van der Waals surface area contributed by atoms with Gasteiger partial charge in [0.25, 0.3) is 0 Å². The molecule has 0 atom stereocenters. The number of hydrogen-bond acceptors (Lipinski definition) is 2. The minimum absolute atomic E-state index is 0.491. The first kappa shape index (κ1) is 13.9. The van der Waals surface area contributed by atoms with E-state index in [0.717, 1.165) is 22.0 Å². The van der Waals surface area contributed by atoms with Crippen LogP contribution in [0.25, 0.3) is 10.8 Å². The molecule has 0 spiro atoms. The Morgan fingerprint density at radius 1 is 1.05 bits per heavy atom. The third-order valence-corrected chi connectivity index (χ3v) is 4.74. The molecule has 1 aliphatic carbocycles. The normalized spacial score (nSPS) is 18.3. The molecule has 0 unspecified atom stereocenters. The highest BCUT2D eigenvalue weighted by Crippen LogP contribution is 2.37. The second-order valence-corrected chi connectivity index (χ2v) is 6.90. The van der Waals surface area contributed by atoms with E-state index in [-0.39, 0.29) is 0 Å². The Morgan fingerprint density at radius 2 is 1.71 bits per heavy atom. The molecule has 21 heavy (non-hydrogen) atoms. The largest absolute Gasteiger partial charge is 0.382 e. The van der Waals surface area contributed by atoms with E-state index < -0.39 is 0 Å². The Labute approximate surface area is 126 Å². The maximum atomic E-state index is 9.24. The lowest BCUT2D eigenvalue weighted by molar-refractivity contribution is 0.232. The summed E-state index contributed by atoms with van der Waals surface area (Å²) in [6.45, 7) is 4.72. The third kappa shape index (κ3) is 2.88. The molecule has 3 rings (SSSR count). The van der Waals surface area contributed by atoms with E-state index in [2.05, 4.69) is 37.4 Å². The van der Waals surface area contributed by atoms with Crippen LogP contribution in [0, 0.1) is 16.7 Å². The molecule has 1 saturated carbocycles. The first-order chi connectivity index (χ1) is 10.1. The molecule has 2 heteroatoms. The lowest BCUT2D eigenvalue weighted by Crippen LogP contribution is -2.29. The molecule has 0 saturated heterocycles. The molecule has 0 heterocycles. The molecular weight excluding hydrogens is 256 g/mol. The average Bonchev–Trinajstić information content (AvgIpc) is 2.49. The smallest absolute Gasteiger partial charge is 0.0998 e. The van der Waals surface area contributed by atoms with Gasteiger partial charge >= 0.3 is 0 Å². The molecule has 0 amide bonds. The van der Waals surface area contributed by atoms with Crippen LogP contribution in [-0.4, -0.2) is 6.04 Å². The van der Waals surface area contributed by atoms with E-state index in [9.17, 15) is 5.26 Å². The highest BCUT2D eigenvalue weighted by molar-refractivity contribution is 5.97. The number of nitrogens with one attached hydrogen (secondary N) is 1. The summed E-state index contributed by atoms with van der Waals surface area (Å²) in [7, 11) is 0. The van der Waals surface area contributed by atoms with Crippen molar-refractivity contribution >= 4 is 16.5 Å². The van der Waals surface area contributed by atoms with Gasteiger partial charge in [0, 0.05) is 22.5 Å². The third-order valence-electron chi connectivity index (χ3n) is 4.74. The molecule has 0 aromatic heterocycles. The van der Waals surface area contributed by atoms with E-state index in [1.54, 1.807) is 0 Å². The number of nitriles is 1. The fourth-order valence-electron chi connectivity index (χ4n) is 3.29. The van der Waals surface area contributed by atoms with Crippen LogP contribution in [0.1, 0.15) is 45.1 Å². The highest BCUT2D eigenvalue weighted by Gasteiger charge is 2.26. The van der Waals surface area contributed by atoms with E-state index in [4.69, 9.17) is 0 Å². The van der Waals surface area contributed by atoms with Crippen LogP contribution in [0.4, 0.5) is 5.69 Å². The Bertz CT molecular complexity index is 684. The van der Waals surface area contributed by atoms with Crippen molar-refractivity contribution in [3.05, 3.63) is 42.0 Å². The van der Waals surface area contributed by atoms with Crippen molar-refractivity contribution in [2.24, 2.45) is 5.41 Å². The number of nitrogens with zero attached hydrogens (tertiary/aromatic N) is 1. The van der Waals surface area contributed by atoms with Crippen LogP contribution >= 0.6 is 0 Å². The zero-order valence-corrected chi connectivity index (χ0v) is 12.8. The lowest BCUT2D eigenvalue weighted by Gasteiger charge is -2.35. The van der Waals surface area contributed by atoms with Crippen molar-refractivity contribution in [1.29, 1.82) is 5.26 Å². The number of anilines is 1. The minimum atomic E-state index is 0.491. The summed E-state index contributed by atoms with van der Waals surface area (Å²) in [5.41, 5.74) is 2.40.